The van der Waals surface area contributed by atoms with Gasteiger partial charge in [-0.1, -0.05) is 29.5 Å². The molecule has 0 saturated heterocycles. The van der Waals surface area contributed by atoms with E-state index in [9.17, 15) is 4.79 Å². The average Bonchev–Trinajstić information content (AvgIpc) is 2.43. The number of pyridine rings is 1. The molecule has 1 aromatic carbocycles. The second-order valence-electron chi connectivity index (χ2n) is 4.71. The Hall–Kier alpha value is -2.01. The summed E-state index contributed by atoms with van der Waals surface area (Å²) in [5.41, 5.74) is 8.93. The monoisotopic (exact) mass is 302 g/mol. The number of ether oxygens (including phenoxy) is 1. The minimum Gasteiger partial charge on any atom is -0.462 e. The smallest absolute Gasteiger partial charge is 0.340 e. The fourth-order valence-corrected chi connectivity index (χ4v) is 2.84. The fourth-order valence-electron chi connectivity index (χ4n) is 1.92. The van der Waals surface area contributed by atoms with Crippen molar-refractivity contribution in [2.75, 3.05) is 12.3 Å². The summed E-state index contributed by atoms with van der Waals surface area (Å²) in [5.74, 6) is -0.399. The molecule has 0 amide bonds. The lowest BCUT2D eigenvalue weighted by Crippen LogP contribution is -2.08. The second-order valence-corrected chi connectivity index (χ2v) is 5.74. The van der Waals surface area contributed by atoms with Gasteiger partial charge in [0.1, 0.15) is 5.03 Å². The number of nitrogen functional groups attached to an aromatic ring is 1. The van der Waals surface area contributed by atoms with Crippen LogP contribution in [0, 0.1) is 13.8 Å². The van der Waals surface area contributed by atoms with Crippen molar-refractivity contribution in [3.63, 3.8) is 0 Å². The molecule has 0 bridgehead atoms. The van der Waals surface area contributed by atoms with E-state index in [1.807, 2.05) is 26.0 Å². The number of nitrogens with zero attached hydrogens (tertiary/aromatic N) is 1. The van der Waals surface area contributed by atoms with Crippen LogP contribution < -0.4 is 5.73 Å². The van der Waals surface area contributed by atoms with E-state index in [1.54, 1.807) is 19.2 Å². The van der Waals surface area contributed by atoms with Gasteiger partial charge in [0.2, 0.25) is 0 Å². The van der Waals surface area contributed by atoms with Crippen LogP contribution in [0.4, 0.5) is 5.69 Å². The van der Waals surface area contributed by atoms with Crippen molar-refractivity contribution in [1.82, 2.24) is 4.98 Å². The maximum absolute atomic E-state index is 12.0. The molecule has 4 nitrogen and oxygen atoms in total. The zero-order chi connectivity index (χ0) is 15.4. The van der Waals surface area contributed by atoms with Crippen molar-refractivity contribution in [2.45, 2.75) is 30.7 Å². The summed E-state index contributed by atoms with van der Waals surface area (Å²) in [7, 11) is 0. The number of benzene rings is 1. The van der Waals surface area contributed by atoms with Crippen LogP contribution in [0.1, 0.15) is 28.4 Å². The number of carbonyl (C=O) groups excluding carboxylic acids is 1. The summed E-state index contributed by atoms with van der Waals surface area (Å²) in [5, 5.41) is 0.606. The highest BCUT2D eigenvalue weighted by atomic mass is 32.2. The predicted octanol–water partition coefficient (Wildman–Crippen LogP) is 3.61. The van der Waals surface area contributed by atoms with Gasteiger partial charge in [-0.05, 0) is 38.5 Å². The van der Waals surface area contributed by atoms with E-state index >= 15 is 0 Å². The van der Waals surface area contributed by atoms with Gasteiger partial charge in [-0.15, -0.1) is 0 Å². The molecule has 0 aliphatic rings. The van der Waals surface area contributed by atoms with E-state index in [0.29, 0.717) is 22.9 Å². The number of nitrogens with two attached hydrogens (primary N) is 1. The Balaban J connectivity index is 2.37. The van der Waals surface area contributed by atoms with E-state index < -0.39 is 5.97 Å². The molecule has 0 saturated carbocycles. The molecule has 5 heteroatoms. The van der Waals surface area contributed by atoms with Crippen molar-refractivity contribution in [3.8, 4) is 0 Å². The first kappa shape index (κ1) is 15.4. The second kappa shape index (κ2) is 6.63. The Labute approximate surface area is 128 Å². The molecule has 2 rings (SSSR count). The molecular weight excluding hydrogens is 284 g/mol. The first-order valence-electron chi connectivity index (χ1n) is 6.69. The highest BCUT2D eigenvalue weighted by Crippen LogP contribution is 2.32. The van der Waals surface area contributed by atoms with Gasteiger partial charge in [-0.2, -0.15) is 0 Å². The summed E-state index contributed by atoms with van der Waals surface area (Å²) in [4.78, 5) is 17.4. The lowest BCUT2D eigenvalue weighted by Gasteiger charge is -2.10. The molecule has 0 atom stereocenters. The van der Waals surface area contributed by atoms with E-state index in [-0.39, 0.29) is 0 Å². The van der Waals surface area contributed by atoms with Crippen molar-refractivity contribution in [2.24, 2.45) is 0 Å². The molecule has 0 spiro atoms. The van der Waals surface area contributed by atoms with E-state index in [2.05, 4.69) is 11.1 Å². The molecule has 0 aliphatic carbocycles. The zero-order valence-electron chi connectivity index (χ0n) is 12.3. The topological polar surface area (TPSA) is 65.2 Å². The Morgan fingerprint density at radius 1 is 1.33 bits per heavy atom. The van der Waals surface area contributed by atoms with Crippen LogP contribution >= 0.6 is 11.8 Å². The zero-order valence-corrected chi connectivity index (χ0v) is 13.2. The van der Waals surface area contributed by atoms with Gasteiger partial charge >= 0.3 is 5.97 Å². The van der Waals surface area contributed by atoms with Crippen LogP contribution in [0.25, 0.3) is 0 Å². The average molecular weight is 302 g/mol. The quantitative estimate of drug-likeness (QED) is 0.874. The first-order valence-corrected chi connectivity index (χ1v) is 7.50. The summed E-state index contributed by atoms with van der Waals surface area (Å²) >= 11 is 1.44. The standard InChI is InChI=1S/C16H18N2O2S/c1-4-20-16(19)13-8-12(17)9-18-15(13)21-14-6-5-10(2)7-11(14)3/h5-9H,4,17H2,1-3H3. The number of esters is 1. The number of aromatic nitrogens is 1. The minimum atomic E-state index is -0.399. The molecule has 0 aliphatic heterocycles. The maximum atomic E-state index is 12.0. The predicted molar refractivity (Wildman–Crippen MR) is 84.6 cm³/mol. The summed E-state index contributed by atoms with van der Waals surface area (Å²) in [6.45, 7) is 6.18. The molecule has 2 N–H and O–H groups in total. The van der Waals surface area contributed by atoms with Crippen molar-refractivity contribution >= 4 is 23.4 Å². The van der Waals surface area contributed by atoms with Crippen LogP contribution in [0.5, 0.6) is 0 Å². The van der Waals surface area contributed by atoms with Gasteiger partial charge < -0.3 is 10.5 Å². The van der Waals surface area contributed by atoms with Crippen LogP contribution in [0.2, 0.25) is 0 Å². The molecule has 2 aromatic rings. The van der Waals surface area contributed by atoms with Gasteiger partial charge in [0, 0.05) is 4.90 Å². The largest absolute Gasteiger partial charge is 0.462 e. The molecule has 0 radical (unpaired) electrons. The normalized spacial score (nSPS) is 10.4. The molecule has 21 heavy (non-hydrogen) atoms. The van der Waals surface area contributed by atoms with Crippen molar-refractivity contribution < 1.29 is 9.53 Å². The lowest BCUT2D eigenvalue weighted by molar-refractivity contribution is 0.0521. The van der Waals surface area contributed by atoms with Crippen LogP contribution in [0.3, 0.4) is 0 Å². The van der Waals surface area contributed by atoms with Crippen molar-refractivity contribution in [3.05, 3.63) is 47.2 Å². The van der Waals surface area contributed by atoms with Gasteiger partial charge in [0.05, 0.1) is 24.1 Å². The molecular formula is C16H18N2O2S. The summed E-state index contributed by atoms with van der Waals surface area (Å²) < 4.78 is 5.06. The van der Waals surface area contributed by atoms with Crippen LogP contribution in [0.15, 0.2) is 40.4 Å². The Morgan fingerprint density at radius 3 is 2.76 bits per heavy atom. The maximum Gasteiger partial charge on any atom is 0.340 e. The third-order valence-corrected chi connectivity index (χ3v) is 4.10. The van der Waals surface area contributed by atoms with Gasteiger partial charge in [0.15, 0.2) is 0 Å². The summed E-state index contributed by atoms with van der Waals surface area (Å²) in [6, 6.07) is 7.78. The summed E-state index contributed by atoms with van der Waals surface area (Å²) in [6.07, 6.45) is 1.55. The molecule has 0 fully saturated rings. The van der Waals surface area contributed by atoms with Crippen LogP contribution in [-0.2, 0) is 4.74 Å². The third kappa shape index (κ3) is 3.76. The first-order chi connectivity index (χ1) is 10.0. The molecule has 1 heterocycles. The minimum absolute atomic E-state index is 0.321. The fraction of sp³-hybridized carbons (Fsp3) is 0.250. The molecule has 110 valence electrons. The van der Waals surface area contributed by atoms with E-state index in [4.69, 9.17) is 10.5 Å². The van der Waals surface area contributed by atoms with E-state index in [1.165, 1.54) is 17.3 Å². The number of rotatable bonds is 4. The third-order valence-electron chi connectivity index (χ3n) is 2.90. The number of carbonyl (C=O) groups is 1. The van der Waals surface area contributed by atoms with Gasteiger partial charge in [-0.3, -0.25) is 0 Å². The van der Waals surface area contributed by atoms with Gasteiger partial charge in [0.25, 0.3) is 0 Å². The Bertz CT molecular complexity index is 671. The number of anilines is 1. The highest BCUT2D eigenvalue weighted by molar-refractivity contribution is 7.99. The number of hydrogen-bond donors (Lipinski definition) is 1. The Kier molecular flexibility index (Phi) is 4.85. The highest BCUT2D eigenvalue weighted by Gasteiger charge is 2.16. The lowest BCUT2D eigenvalue weighted by atomic mass is 10.2. The molecule has 0 unspecified atom stereocenters. The number of aryl methyl sites for hydroxylation is 2. The Morgan fingerprint density at radius 2 is 2.10 bits per heavy atom. The number of hydrogen-bond acceptors (Lipinski definition) is 5. The van der Waals surface area contributed by atoms with Gasteiger partial charge in [-0.25, -0.2) is 9.78 Å². The van der Waals surface area contributed by atoms with Crippen LogP contribution in [-0.4, -0.2) is 17.6 Å². The van der Waals surface area contributed by atoms with Crippen molar-refractivity contribution in [1.29, 1.82) is 0 Å². The van der Waals surface area contributed by atoms with E-state index in [0.717, 1.165) is 10.5 Å². The SMILES string of the molecule is CCOC(=O)c1cc(N)cnc1Sc1ccc(C)cc1C. The molecule has 1 aromatic heterocycles.